The van der Waals surface area contributed by atoms with Crippen LogP contribution in [0.5, 0.6) is 0 Å². The van der Waals surface area contributed by atoms with Crippen molar-refractivity contribution in [3.63, 3.8) is 0 Å². The van der Waals surface area contributed by atoms with E-state index in [-0.39, 0.29) is 0 Å². The SMILES string of the molecule is C[C@@H]1CCCC[C@H]1NC(=S)NC1CC1. The van der Waals surface area contributed by atoms with Crippen LogP contribution in [0.15, 0.2) is 0 Å². The summed E-state index contributed by atoms with van der Waals surface area (Å²) in [5.74, 6) is 0.780. The standard InChI is InChI=1S/C11H20N2S/c1-8-4-2-3-5-10(8)13-11(14)12-9-6-7-9/h8-10H,2-7H2,1H3,(H2,12,13,14)/t8-,10-/m1/s1. The van der Waals surface area contributed by atoms with E-state index >= 15 is 0 Å². The molecule has 80 valence electrons. The van der Waals surface area contributed by atoms with E-state index in [1.54, 1.807) is 0 Å². The fraction of sp³-hybridized carbons (Fsp3) is 0.909. The Morgan fingerprint density at radius 3 is 2.43 bits per heavy atom. The number of hydrogen-bond donors (Lipinski definition) is 2. The average molecular weight is 212 g/mol. The van der Waals surface area contributed by atoms with Crippen molar-refractivity contribution in [2.24, 2.45) is 5.92 Å². The van der Waals surface area contributed by atoms with Crippen LogP contribution < -0.4 is 10.6 Å². The first-order valence-corrected chi connectivity index (χ1v) is 6.23. The molecule has 2 rings (SSSR count). The second-order valence-electron chi connectivity index (χ2n) is 4.76. The first-order chi connectivity index (χ1) is 6.75. The lowest BCUT2D eigenvalue weighted by Crippen LogP contribution is -2.46. The lowest BCUT2D eigenvalue weighted by molar-refractivity contribution is 0.308. The zero-order valence-electron chi connectivity index (χ0n) is 8.88. The van der Waals surface area contributed by atoms with Gasteiger partial charge in [-0.2, -0.15) is 0 Å². The second kappa shape index (κ2) is 4.47. The van der Waals surface area contributed by atoms with Gasteiger partial charge in [0.15, 0.2) is 5.11 Å². The Morgan fingerprint density at radius 1 is 1.07 bits per heavy atom. The normalized spacial score (nSPS) is 32.4. The highest BCUT2D eigenvalue weighted by atomic mass is 32.1. The van der Waals surface area contributed by atoms with Gasteiger partial charge in [-0.1, -0.05) is 19.8 Å². The van der Waals surface area contributed by atoms with Crippen molar-refractivity contribution < 1.29 is 0 Å². The highest BCUT2D eigenvalue weighted by Gasteiger charge is 2.25. The fourth-order valence-corrected chi connectivity index (χ4v) is 2.47. The number of hydrogen-bond acceptors (Lipinski definition) is 1. The van der Waals surface area contributed by atoms with Crippen LogP contribution in [0.4, 0.5) is 0 Å². The molecule has 0 aliphatic heterocycles. The van der Waals surface area contributed by atoms with E-state index in [0.29, 0.717) is 12.1 Å². The molecule has 2 aliphatic carbocycles. The molecule has 2 nitrogen and oxygen atoms in total. The van der Waals surface area contributed by atoms with Gasteiger partial charge < -0.3 is 10.6 Å². The maximum Gasteiger partial charge on any atom is 0.166 e. The van der Waals surface area contributed by atoms with E-state index in [2.05, 4.69) is 17.6 Å². The molecule has 2 saturated carbocycles. The molecule has 3 heteroatoms. The van der Waals surface area contributed by atoms with Crippen molar-refractivity contribution in [3.8, 4) is 0 Å². The van der Waals surface area contributed by atoms with Crippen LogP contribution in [0.25, 0.3) is 0 Å². The Kier molecular flexibility index (Phi) is 3.26. The van der Waals surface area contributed by atoms with Gasteiger partial charge in [0.1, 0.15) is 0 Å². The highest BCUT2D eigenvalue weighted by molar-refractivity contribution is 7.80. The molecule has 2 fully saturated rings. The van der Waals surface area contributed by atoms with Crippen LogP contribution in [-0.2, 0) is 0 Å². The summed E-state index contributed by atoms with van der Waals surface area (Å²) < 4.78 is 0. The van der Waals surface area contributed by atoms with E-state index in [1.165, 1.54) is 38.5 Å². The smallest absolute Gasteiger partial charge is 0.166 e. The summed E-state index contributed by atoms with van der Waals surface area (Å²) in [4.78, 5) is 0. The first-order valence-electron chi connectivity index (χ1n) is 5.83. The van der Waals surface area contributed by atoms with Gasteiger partial charge in [-0.05, 0) is 43.8 Å². The fourth-order valence-electron chi connectivity index (χ4n) is 2.15. The molecule has 0 aromatic carbocycles. The Morgan fingerprint density at radius 2 is 1.79 bits per heavy atom. The van der Waals surface area contributed by atoms with Gasteiger partial charge in [0.25, 0.3) is 0 Å². The largest absolute Gasteiger partial charge is 0.360 e. The van der Waals surface area contributed by atoms with Crippen molar-refractivity contribution >= 4 is 17.3 Å². The summed E-state index contributed by atoms with van der Waals surface area (Å²) in [6.07, 6.45) is 7.97. The van der Waals surface area contributed by atoms with E-state index in [1.807, 2.05) is 0 Å². The Bertz CT molecular complexity index is 213. The predicted molar refractivity (Wildman–Crippen MR) is 63.3 cm³/mol. The Balaban J connectivity index is 1.73. The van der Waals surface area contributed by atoms with Crippen LogP contribution in [0.1, 0.15) is 45.4 Å². The van der Waals surface area contributed by atoms with Gasteiger partial charge in [-0.25, -0.2) is 0 Å². The Hall–Kier alpha value is -0.310. The lowest BCUT2D eigenvalue weighted by Gasteiger charge is -2.30. The molecule has 0 heterocycles. The molecule has 0 aromatic heterocycles. The molecule has 2 N–H and O–H groups in total. The van der Waals surface area contributed by atoms with E-state index < -0.39 is 0 Å². The van der Waals surface area contributed by atoms with E-state index in [0.717, 1.165) is 11.0 Å². The summed E-state index contributed by atoms with van der Waals surface area (Å²) in [6.45, 7) is 2.33. The van der Waals surface area contributed by atoms with Crippen molar-refractivity contribution in [1.29, 1.82) is 0 Å². The van der Waals surface area contributed by atoms with E-state index in [9.17, 15) is 0 Å². The molecule has 0 radical (unpaired) electrons. The summed E-state index contributed by atoms with van der Waals surface area (Å²) in [7, 11) is 0. The van der Waals surface area contributed by atoms with Gasteiger partial charge in [0, 0.05) is 12.1 Å². The first kappa shape index (κ1) is 10.2. The third-order valence-corrected chi connectivity index (χ3v) is 3.58. The van der Waals surface area contributed by atoms with Gasteiger partial charge in [0.2, 0.25) is 0 Å². The lowest BCUT2D eigenvalue weighted by atomic mass is 9.86. The predicted octanol–water partition coefficient (Wildman–Crippen LogP) is 2.19. The second-order valence-corrected chi connectivity index (χ2v) is 5.17. The topological polar surface area (TPSA) is 24.1 Å². The molecule has 0 aromatic rings. The molecule has 0 amide bonds. The van der Waals surface area contributed by atoms with Crippen LogP contribution in [-0.4, -0.2) is 17.2 Å². The molecular weight excluding hydrogens is 192 g/mol. The van der Waals surface area contributed by atoms with Gasteiger partial charge in [0.05, 0.1) is 0 Å². The molecule has 0 saturated heterocycles. The minimum absolute atomic E-state index is 0.613. The quantitative estimate of drug-likeness (QED) is 0.686. The molecule has 0 bridgehead atoms. The molecule has 0 spiro atoms. The van der Waals surface area contributed by atoms with Crippen LogP contribution in [0, 0.1) is 5.92 Å². The number of thiocarbonyl (C=S) groups is 1. The summed E-state index contributed by atoms with van der Waals surface area (Å²) in [5.41, 5.74) is 0. The summed E-state index contributed by atoms with van der Waals surface area (Å²) in [6, 6.07) is 1.29. The summed E-state index contributed by atoms with van der Waals surface area (Å²) >= 11 is 5.28. The van der Waals surface area contributed by atoms with Crippen molar-refractivity contribution in [3.05, 3.63) is 0 Å². The zero-order chi connectivity index (χ0) is 9.97. The third kappa shape index (κ3) is 2.84. The van der Waals surface area contributed by atoms with Crippen LogP contribution in [0.3, 0.4) is 0 Å². The maximum atomic E-state index is 5.28. The van der Waals surface area contributed by atoms with Crippen molar-refractivity contribution in [2.75, 3.05) is 0 Å². The minimum atomic E-state index is 0.613. The van der Waals surface area contributed by atoms with Gasteiger partial charge >= 0.3 is 0 Å². The van der Waals surface area contributed by atoms with Crippen molar-refractivity contribution in [2.45, 2.75) is 57.5 Å². The third-order valence-electron chi connectivity index (χ3n) is 3.34. The van der Waals surface area contributed by atoms with Crippen molar-refractivity contribution in [1.82, 2.24) is 10.6 Å². The minimum Gasteiger partial charge on any atom is -0.360 e. The molecule has 2 atom stereocenters. The molecule has 0 unspecified atom stereocenters. The monoisotopic (exact) mass is 212 g/mol. The van der Waals surface area contributed by atoms with Crippen LogP contribution in [0.2, 0.25) is 0 Å². The number of nitrogens with one attached hydrogen (secondary N) is 2. The average Bonchev–Trinajstić information content (AvgIpc) is 2.93. The van der Waals surface area contributed by atoms with Gasteiger partial charge in [-0.15, -0.1) is 0 Å². The molecule has 14 heavy (non-hydrogen) atoms. The van der Waals surface area contributed by atoms with E-state index in [4.69, 9.17) is 12.2 Å². The number of rotatable bonds is 2. The Labute approximate surface area is 91.8 Å². The van der Waals surface area contributed by atoms with Crippen LogP contribution >= 0.6 is 12.2 Å². The molecular formula is C11H20N2S. The summed E-state index contributed by atoms with van der Waals surface area (Å²) in [5, 5.41) is 7.68. The maximum absolute atomic E-state index is 5.28. The zero-order valence-corrected chi connectivity index (χ0v) is 9.70. The molecule has 2 aliphatic rings. The highest BCUT2D eigenvalue weighted by Crippen LogP contribution is 2.24. The van der Waals surface area contributed by atoms with Gasteiger partial charge in [-0.3, -0.25) is 0 Å².